The number of hydrogen-bond donors (Lipinski definition) is 1. The second-order valence-electron chi connectivity index (χ2n) is 5.99. The zero-order valence-corrected chi connectivity index (χ0v) is 13.7. The molecule has 0 radical (unpaired) electrons. The lowest BCUT2D eigenvalue weighted by Crippen LogP contribution is -2.30. The Kier molecular flexibility index (Phi) is 4.71. The van der Waals surface area contributed by atoms with E-state index in [0.717, 1.165) is 6.54 Å². The van der Waals surface area contributed by atoms with Crippen LogP contribution in [0.4, 0.5) is 0 Å². The summed E-state index contributed by atoms with van der Waals surface area (Å²) >= 11 is 1.81. The topological polar surface area (TPSA) is 24.9 Å². The van der Waals surface area contributed by atoms with Crippen molar-refractivity contribution < 1.29 is 0 Å². The van der Waals surface area contributed by atoms with Crippen molar-refractivity contribution >= 4 is 11.3 Å². The molecule has 21 heavy (non-hydrogen) atoms. The molecular formula is C18H24N2S. The lowest BCUT2D eigenvalue weighted by Gasteiger charge is -2.32. The first-order valence-electron chi connectivity index (χ1n) is 8.01. The van der Waals surface area contributed by atoms with Gasteiger partial charge < -0.3 is 5.32 Å². The number of thiophene rings is 1. The average molecular weight is 300 g/mol. The number of rotatable bonds is 5. The molecule has 0 bridgehead atoms. The minimum absolute atomic E-state index is 0.408. The molecule has 1 aliphatic rings. The van der Waals surface area contributed by atoms with Crippen LogP contribution in [0.25, 0.3) is 0 Å². The number of aryl methyl sites for hydroxylation is 2. The van der Waals surface area contributed by atoms with Gasteiger partial charge in [0.2, 0.25) is 0 Å². The third kappa shape index (κ3) is 3.04. The molecule has 0 fully saturated rings. The van der Waals surface area contributed by atoms with Gasteiger partial charge in [-0.15, -0.1) is 0 Å². The van der Waals surface area contributed by atoms with E-state index < -0.39 is 0 Å². The smallest absolute Gasteiger partial charge is 0.0485 e. The summed E-state index contributed by atoms with van der Waals surface area (Å²) < 4.78 is 0. The standard InChI is InChI=1S/C18H24N2S/c1-3-9-19-18(16-12-21-11-13(16)2)15-8-4-6-14-7-5-10-20-17(14)15/h5,7,10-12,15,18-19H,3-4,6,8-9H2,1-2H3. The SMILES string of the molecule is CCCNC(c1cscc1C)C1CCCc2cccnc21. The van der Waals surface area contributed by atoms with Crippen LogP contribution in [0.15, 0.2) is 29.1 Å². The number of nitrogens with zero attached hydrogens (tertiary/aromatic N) is 1. The fourth-order valence-corrected chi connectivity index (χ4v) is 4.31. The Bertz CT molecular complexity index is 590. The van der Waals surface area contributed by atoms with E-state index in [9.17, 15) is 0 Å². The molecular weight excluding hydrogens is 276 g/mol. The molecule has 0 amide bonds. The Morgan fingerprint density at radius 3 is 3.10 bits per heavy atom. The first kappa shape index (κ1) is 14.7. The van der Waals surface area contributed by atoms with Gasteiger partial charge in [0.1, 0.15) is 0 Å². The van der Waals surface area contributed by atoms with E-state index in [1.54, 1.807) is 0 Å². The first-order valence-corrected chi connectivity index (χ1v) is 8.95. The molecule has 0 saturated heterocycles. The van der Waals surface area contributed by atoms with Crippen LogP contribution in [0.3, 0.4) is 0 Å². The largest absolute Gasteiger partial charge is 0.309 e. The van der Waals surface area contributed by atoms with Gasteiger partial charge in [0.05, 0.1) is 0 Å². The van der Waals surface area contributed by atoms with Crippen LogP contribution in [0.5, 0.6) is 0 Å². The van der Waals surface area contributed by atoms with Crippen molar-refractivity contribution in [2.45, 2.75) is 51.5 Å². The van der Waals surface area contributed by atoms with Crippen molar-refractivity contribution in [3.63, 3.8) is 0 Å². The molecule has 2 aromatic heterocycles. The maximum Gasteiger partial charge on any atom is 0.0485 e. The summed E-state index contributed by atoms with van der Waals surface area (Å²) in [7, 11) is 0. The summed E-state index contributed by atoms with van der Waals surface area (Å²) in [5, 5.41) is 8.37. The van der Waals surface area contributed by atoms with Crippen LogP contribution in [-0.4, -0.2) is 11.5 Å². The lowest BCUT2D eigenvalue weighted by atomic mass is 9.79. The van der Waals surface area contributed by atoms with Crippen LogP contribution in [0.1, 0.15) is 60.5 Å². The average Bonchev–Trinajstić information content (AvgIpc) is 2.94. The van der Waals surface area contributed by atoms with E-state index in [1.807, 2.05) is 17.5 Å². The van der Waals surface area contributed by atoms with Crippen LogP contribution in [0.2, 0.25) is 0 Å². The van der Waals surface area contributed by atoms with Crippen LogP contribution < -0.4 is 5.32 Å². The van der Waals surface area contributed by atoms with E-state index in [2.05, 4.69) is 42.1 Å². The van der Waals surface area contributed by atoms with Crippen LogP contribution in [0, 0.1) is 6.92 Å². The quantitative estimate of drug-likeness (QED) is 0.872. The number of aromatic nitrogens is 1. The van der Waals surface area contributed by atoms with Gasteiger partial charge in [-0.2, -0.15) is 11.3 Å². The van der Waals surface area contributed by atoms with Gasteiger partial charge >= 0.3 is 0 Å². The predicted octanol–water partition coefficient (Wildman–Crippen LogP) is 4.61. The Morgan fingerprint density at radius 2 is 2.33 bits per heavy atom. The molecule has 0 aromatic carbocycles. The molecule has 2 nitrogen and oxygen atoms in total. The second kappa shape index (κ2) is 6.71. The van der Waals surface area contributed by atoms with Crippen molar-refractivity contribution in [2.24, 2.45) is 0 Å². The van der Waals surface area contributed by atoms with Crippen molar-refractivity contribution in [1.82, 2.24) is 10.3 Å². The maximum atomic E-state index is 4.73. The minimum Gasteiger partial charge on any atom is -0.309 e. The summed E-state index contributed by atoms with van der Waals surface area (Å²) in [5.74, 6) is 0.509. The third-order valence-electron chi connectivity index (χ3n) is 4.49. The zero-order valence-electron chi connectivity index (χ0n) is 12.9. The summed E-state index contributed by atoms with van der Waals surface area (Å²) in [6.07, 6.45) is 6.82. The van der Waals surface area contributed by atoms with Crippen molar-refractivity contribution in [2.75, 3.05) is 6.54 Å². The number of fused-ring (bicyclic) bond motifs is 1. The van der Waals surface area contributed by atoms with E-state index in [0.29, 0.717) is 12.0 Å². The highest BCUT2D eigenvalue weighted by Gasteiger charge is 2.30. The lowest BCUT2D eigenvalue weighted by molar-refractivity contribution is 0.394. The number of pyridine rings is 1. The van der Waals surface area contributed by atoms with E-state index in [4.69, 9.17) is 4.98 Å². The fourth-order valence-electron chi connectivity index (χ4n) is 3.43. The molecule has 2 heterocycles. The third-order valence-corrected chi connectivity index (χ3v) is 5.37. The molecule has 1 N–H and O–H groups in total. The van der Waals surface area contributed by atoms with Gasteiger partial charge in [0.25, 0.3) is 0 Å². The van der Waals surface area contributed by atoms with Gasteiger partial charge in [0, 0.05) is 23.9 Å². The molecule has 0 saturated carbocycles. The molecule has 2 atom stereocenters. The van der Waals surface area contributed by atoms with Gasteiger partial charge in [-0.05, 0) is 72.7 Å². The first-order chi connectivity index (χ1) is 10.3. The second-order valence-corrected chi connectivity index (χ2v) is 6.73. The van der Waals surface area contributed by atoms with Gasteiger partial charge in [-0.25, -0.2) is 0 Å². The molecule has 0 aliphatic heterocycles. The van der Waals surface area contributed by atoms with E-state index in [-0.39, 0.29) is 0 Å². The summed E-state index contributed by atoms with van der Waals surface area (Å²) in [6.45, 7) is 5.53. The van der Waals surface area contributed by atoms with Gasteiger partial charge in [-0.3, -0.25) is 4.98 Å². The Hall–Kier alpha value is -1.19. The van der Waals surface area contributed by atoms with Crippen LogP contribution >= 0.6 is 11.3 Å². The van der Waals surface area contributed by atoms with Gasteiger partial charge in [-0.1, -0.05) is 13.0 Å². The van der Waals surface area contributed by atoms with Crippen LogP contribution in [-0.2, 0) is 6.42 Å². The number of hydrogen-bond acceptors (Lipinski definition) is 3. The Morgan fingerprint density at radius 1 is 1.43 bits per heavy atom. The summed E-state index contributed by atoms with van der Waals surface area (Å²) in [4.78, 5) is 4.73. The highest BCUT2D eigenvalue weighted by Crippen LogP contribution is 2.40. The zero-order chi connectivity index (χ0) is 14.7. The van der Waals surface area contributed by atoms with Crippen molar-refractivity contribution in [3.05, 3.63) is 51.5 Å². The maximum absolute atomic E-state index is 4.73. The fraction of sp³-hybridized carbons (Fsp3) is 0.500. The molecule has 2 unspecified atom stereocenters. The van der Waals surface area contributed by atoms with Crippen molar-refractivity contribution in [3.8, 4) is 0 Å². The molecule has 3 heteroatoms. The normalized spacial score (nSPS) is 19.2. The van der Waals surface area contributed by atoms with E-state index in [1.165, 1.54) is 48.1 Å². The summed E-state index contributed by atoms with van der Waals surface area (Å²) in [5.41, 5.74) is 5.65. The molecule has 0 spiro atoms. The minimum atomic E-state index is 0.408. The molecule has 112 valence electrons. The number of nitrogens with one attached hydrogen (secondary N) is 1. The highest BCUT2D eigenvalue weighted by molar-refractivity contribution is 7.08. The Labute approximate surface area is 131 Å². The van der Waals surface area contributed by atoms with E-state index >= 15 is 0 Å². The Balaban J connectivity index is 1.96. The monoisotopic (exact) mass is 300 g/mol. The summed E-state index contributed by atoms with van der Waals surface area (Å²) in [6, 6.07) is 4.74. The highest BCUT2D eigenvalue weighted by atomic mass is 32.1. The molecule has 3 rings (SSSR count). The van der Waals surface area contributed by atoms with Gasteiger partial charge in [0.15, 0.2) is 0 Å². The molecule has 1 aliphatic carbocycles. The molecule has 2 aromatic rings. The van der Waals surface area contributed by atoms with Crippen molar-refractivity contribution in [1.29, 1.82) is 0 Å². The predicted molar refractivity (Wildman–Crippen MR) is 90.0 cm³/mol.